The molecule has 1 aliphatic heterocycles. The van der Waals surface area contributed by atoms with Crippen LogP contribution in [0.3, 0.4) is 0 Å². The summed E-state index contributed by atoms with van der Waals surface area (Å²) in [5, 5.41) is 1.15. The van der Waals surface area contributed by atoms with Gasteiger partial charge in [-0.25, -0.2) is 4.39 Å². The van der Waals surface area contributed by atoms with Crippen molar-refractivity contribution in [2.75, 3.05) is 19.6 Å². The van der Waals surface area contributed by atoms with Gasteiger partial charge in [0.25, 0.3) is 0 Å². The van der Waals surface area contributed by atoms with Crippen LogP contribution in [0.25, 0.3) is 10.9 Å². The van der Waals surface area contributed by atoms with Crippen LogP contribution in [-0.4, -0.2) is 29.1 Å². The topological polar surface area (TPSA) is 8.17 Å². The van der Waals surface area contributed by atoms with E-state index in [2.05, 4.69) is 88.3 Å². The predicted octanol–water partition coefficient (Wildman–Crippen LogP) is 6.97. The summed E-state index contributed by atoms with van der Waals surface area (Å²) >= 11 is 0. The molecule has 3 heteroatoms. The Balaban J connectivity index is 1.26. The Hall–Kier alpha value is -2.91. The molecule has 0 spiro atoms. The summed E-state index contributed by atoms with van der Waals surface area (Å²) in [6.45, 7) is 2.83. The number of nitrogens with zero attached hydrogens (tertiary/aromatic N) is 2. The minimum Gasteiger partial charge on any atom is -0.339 e. The monoisotopic (exact) mass is 426 g/mol. The Morgan fingerprint density at radius 3 is 2.00 bits per heavy atom. The van der Waals surface area contributed by atoms with Gasteiger partial charge in [-0.3, -0.25) is 0 Å². The van der Waals surface area contributed by atoms with Crippen LogP contribution in [0.2, 0.25) is 0 Å². The van der Waals surface area contributed by atoms with E-state index in [1.165, 1.54) is 16.6 Å². The molecule has 0 bridgehead atoms. The van der Waals surface area contributed by atoms with Gasteiger partial charge in [0.15, 0.2) is 0 Å². The Labute approximate surface area is 190 Å². The van der Waals surface area contributed by atoms with Crippen LogP contribution in [0.5, 0.6) is 0 Å². The molecule has 0 unspecified atom stereocenters. The highest BCUT2D eigenvalue weighted by Crippen LogP contribution is 2.32. The summed E-state index contributed by atoms with van der Waals surface area (Å²) in [5.74, 6) is 0.418. The van der Waals surface area contributed by atoms with Crippen molar-refractivity contribution in [2.45, 2.75) is 37.9 Å². The van der Waals surface area contributed by atoms with Crippen molar-refractivity contribution in [3.05, 3.63) is 108 Å². The highest BCUT2D eigenvalue weighted by Gasteiger charge is 2.24. The van der Waals surface area contributed by atoms with E-state index in [0.717, 1.165) is 50.0 Å². The minimum absolute atomic E-state index is 0.385. The fraction of sp³-hybridized carbons (Fsp3) is 0.310. The van der Waals surface area contributed by atoms with Crippen LogP contribution in [-0.2, 0) is 6.67 Å². The maximum Gasteiger partial charge on any atom is 0.129 e. The molecule has 0 aliphatic carbocycles. The maximum absolute atomic E-state index is 13.8. The fourth-order valence-electron chi connectivity index (χ4n) is 5.38. The summed E-state index contributed by atoms with van der Waals surface area (Å²) in [4.78, 5) is 2.59. The van der Waals surface area contributed by atoms with Crippen molar-refractivity contribution in [1.29, 1.82) is 0 Å². The van der Waals surface area contributed by atoms with Crippen LogP contribution in [0.15, 0.2) is 91.0 Å². The van der Waals surface area contributed by atoms with Gasteiger partial charge >= 0.3 is 0 Å². The summed E-state index contributed by atoms with van der Waals surface area (Å²) < 4.78 is 16.0. The average molecular weight is 427 g/mol. The molecular formula is C29H31FN2. The summed E-state index contributed by atoms with van der Waals surface area (Å²) in [7, 11) is 0. The van der Waals surface area contributed by atoms with E-state index in [1.54, 1.807) is 0 Å². The van der Waals surface area contributed by atoms with Crippen molar-refractivity contribution in [1.82, 2.24) is 9.47 Å². The molecule has 0 amide bonds. The molecule has 1 saturated heterocycles. The van der Waals surface area contributed by atoms with Gasteiger partial charge in [0.1, 0.15) is 6.67 Å². The molecule has 32 heavy (non-hydrogen) atoms. The first-order valence-electron chi connectivity index (χ1n) is 11.8. The van der Waals surface area contributed by atoms with E-state index in [-0.39, 0.29) is 0 Å². The van der Waals surface area contributed by atoms with Crippen molar-refractivity contribution in [2.24, 2.45) is 0 Å². The molecule has 5 rings (SSSR count). The van der Waals surface area contributed by atoms with Crippen molar-refractivity contribution < 1.29 is 4.39 Å². The first kappa shape index (κ1) is 21.0. The Morgan fingerprint density at radius 2 is 1.38 bits per heavy atom. The molecule has 4 aromatic rings. The third kappa shape index (κ3) is 4.35. The molecule has 164 valence electrons. The number of piperidine rings is 1. The second-order valence-electron chi connectivity index (χ2n) is 8.93. The van der Waals surface area contributed by atoms with Crippen LogP contribution in [0.1, 0.15) is 48.0 Å². The molecule has 1 aliphatic rings. The van der Waals surface area contributed by atoms with Gasteiger partial charge in [0.2, 0.25) is 0 Å². The van der Waals surface area contributed by atoms with Gasteiger partial charge in [0, 0.05) is 30.6 Å². The van der Waals surface area contributed by atoms with Crippen molar-refractivity contribution in [3.8, 4) is 0 Å². The third-order valence-corrected chi connectivity index (χ3v) is 7.02. The summed E-state index contributed by atoms with van der Waals surface area (Å²) in [6.07, 6.45) is 3.26. The summed E-state index contributed by atoms with van der Waals surface area (Å²) in [5.41, 5.74) is 4.77. The van der Waals surface area contributed by atoms with Gasteiger partial charge in [-0.05, 0) is 54.5 Å². The van der Waals surface area contributed by atoms with Crippen LogP contribution < -0.4 is 0 Å². The fourth-order valence-corrected chi connectivity index (χ4v) is 5.38. The zero-order valence-electron chi connectivity index (χ0n) is 18.5. The molecule has 2 nitrogen and oxygen atoms in total. The quantitative estimate of drug-likeness (QED) is 0.310. The molecule has 0 saturated carbocycles. The largest absolute Gasteiger partial charge is 0.339 e. The normalized spacial score (nSPS) is 15.6. The molecule has 1 fully saturated rings. The van der Waals surface area contributed by atoms with E-state index in [0.29, 0.717) is 12.0 Å². The lowest BCUT2D eigenvalue weighted by Gasteiger charge is -2.34. The van der Waals surface area contributed by atoms with Crippen LogP contribution >= 0.6 is 0 Å². The van der Waals surface area contributed by atoms with Crippen molar-refractivity contribution >= 4 is 10.9 Å². The smallest absolute Gasteiger partial charge is 0.129 e. The molecule has 2 heterocycles. The number of benzene rings is 3. The average Bonchev–Trinajstić information content (AvgIpc) is 3.25. The number of para-hydroxylation sites is 1. The SMILES string of the molecule is FCc1cc2ccccc2n1C1CCN(CCC(c2ccccc2)c2ccccc2)CC1. The molecular weight excluding hydrogens is 395 g/mol. The van der Waals surface area contributed by atoms with Crippen LogP contribution in [0.4, 0.5) is 4.39 Å². The Kier molecular flexibility index (Phi) is 6.36. The molecule has 0 N–H and O–H groups in total. The number of likely N-dealkylation sites (tertiary alicyclic amines) is 1. The molecule has 0 radical (unpaired) electrons. The first-order valence-corrected chi connectivity index (χ1v) is 11.8. The lowest BCUT2D eigenvalue weighted by atomic mass is 9.88. The first-order chi connectivity index (χ1) is 15.8. The lowest BCUT2D eigenvalue weighted by Crippen LogP contribution is -2.36. The van der Waals surface area contributed by atoms with E-state index < -0.39 is 6.67 Å². The molecule has 1 aromatic heterocycles. The van der Waals surface area contributed by atoms with Crippen molar-refractivity contribution in [3.63, 3.8) is 0 Å². The highest BCUT2D eigenvalue weighted by atomic mass is 19.1. The van der Waals surface area contributed by atoms with Gasteiger partial charge in [-0.15, -0.1) is 0 Å². The van der Waals surface area contributed by atoms with Crippen LogP contribution in [0, 0.1) is 0 Å². The zero-order chi connectivity index (χ0) is 21.8. The predicted molar refractivity (Wildman–Crippen MR) is 131 cm³/mol. The second kappa shape index (κ2) is 9.70. The second-order valence-corrected chi connectivity index (χ2v) is 8.93. The molecule has 3 aromatic carbocycles. The number of fused-ring (bicyclic) bond motifs is 1. The number of aromatic nitrogens is 1. The number of hydrogen-bond acceptors (Lipinski definition) is 1. The van der Waals surface area contributed by atoms with Gasteiger partial charge < -0.3 is 9.47 Å². The number of rotatable bonds is 7. The number of hydrogen-bond donors (Lipinski definition) is 0. The number of alkyl halides is 1. The van der Waals surface area contributed by atoms with E-state index in [4.69, 9.17) is 0 Å². The summed E-state index contributed by atoms with van der Waals surface area (Å²) in [6, 6.07) is 32.5. The Bertz CT molecular complexity index is 1090. The van der Waals surface area contributed by atoms with E-state index in [1.807, 2.05) is 12.1 Å². The van der Waals surface area contributed by atoms with E-state index in [9.17, 15) is 4.39 Å². The Morgan fingerprint density at radius 1 is 0.781 bits per heavy atom. The van der Waals surface area contributed by atoms with Gasteiger partial charge in [0.05, 0.1) is 5.69 Å². The van der Waals surface area contributed by atoms with Gasteiger partial charge in [-0.2, -0.15) is 0 Å². The highest BCUT2D eigenvalue weighted by molar-refractivity contribution is 5.81. The lowest BCUT2D eigenvalue weighted by molar-refractivity contribution is 0.182. The number of halogens is 1. The minimum atomic E-state index is -0.398. The zero-order valence-corrected chi connectivity index (χ0v) is 18.5. The van der Waals surface area contributed by atoms with E-state index >= 15 is 0 Å². The van der Waals surface area contributed by atoms with Gasteiger partial charge in [-0.1, -0.05) is 78.9 Å². The maximum atomic E-state index is 13.8. The third-order valence-electron chi connectivity index (χ3n) is 7.02. The molecule has 0 atom stereocenters. The standard InChI is InChI=1S/C29H31FN2/c30-22-27-21-25-13-7-8-14-29(25)32(27)26-15-18-31(19-16-26)20-17-28(23-9-3-1-4-10-23)24-11-5-2-6-12-24/h1-14,21,26,28H,15-20,22H2.